The van der Waals surface area contributed by atoms with E-state index in [1.54, 1.807) is 0 Å². The molecule has 33 heavy (non-hydrogen) atoms. The lowest BCUT2D eigenvalue weighted by Crippen LogP contribution is -2.64. The molecule has 0 radical (unpaired) electrons. The number of alkyl halides is 3. The Kier molecular flexibility index (Phi) is 8.23. The van der Waals surface area contributed by atoms with Gasteiger partial charge >= 0.3 is 18.2 Å². The van der Waals surface area contributed by atoms with Gasteiger partial charge < -0.3 is 20.1 Å². The Morgan fingerprint density at radius 3 is 2.45 bits per heavy atom. The van der Waals surface area contributed by atoms with E-state index in [-0.39, 0.29) is 11.6 Å². The number of ether oxygens (including phenoxy) is 1. The standard InChI is InChI=1S/C21H31N3O2.C2HF3O2/c1-17-6-2-3-7-18(17)14-23-15-21(16-23)19(9-13-26-21)8-10-22-20(25)24-11-4-5-12-24;3-2(4,5)1(6)7/h2-3,6-7,19H,4-5,8-16H2,1H3,(H,22,25);(H,6,7). The molecule has 1 aromatic carbocycles. The van der Waals surface area contributed by atoms with Crippen LogP contribution in [0, 0.1) is 12.8 Å². The highest BCUT2D eigenvalue weighted by Crippen LogP contribution is 2.42. The first kappa shape index (κ1) is 25.3. The molecule has 3 fully saturated rings. The zero-order valence-corrected chi connectivity index (χ0v) is 18.9. The molecule has 1 atom stereocenters. The van der Waals surface area contributed by atoms with Crippen molar-refractivity contribution in [1.82, 2.24) is 15.1 Å². The van der Waals surface area contributed by atoms with Crippen LogP contribution < -0.4 is 5.32 Å². The zero-order valence-electron chi connectivity index (χ0n) is 18.9. The molecule has 2 amide bonds. The summed E-state index contributed by atoms with van der Waals surface area (Å²) in [7, 11) is 0. The molecule has 3 saturated heterocycles. The summed E-state index contributed by atoms with van der Waals surface area (Å²) in [6, 6.07) is 8.74. The number of urea groups is 1. The highest BCUT2D eigenvalue weighted by Gasteiger charge is 2.52. The molecule has 0 saturated carbocycles. The molecular weight excluding hydrogens is 439 g/mol. The summed E-state index contributed by atoms with van der Waals surface area (Å²) in [6.45, 7) is 8.69. The molecule has 3 aliphatic heterocycles. The molecule has 0 bridgehead atoms. The first-order valence-corrected chi connectivity index (χ1v) is 11.3. The molecular formula is C23H32F3N3O4. The van der Waals surface area contributed by atoms with Gasteiger partial charge in [-0.3, -0.25) is 4.90 Å². The number of aryl methyl sites for hydroxylation is 1. The maximum absolute atomic E-state index is 12.1. The van der Waals surface area contributed by atoms with Crippen LogP contribution >= 0.6 is 0 Å². The summed E-state index contributed by atoms with van der Waals surface area (Å²) >= 11 is 0. The number of nitrogens with one attached hydrogen (secondary N) is 1. The number of rotatable bonds is 5. The number of likely N-dealkylation sites (tertiary alicyclic amines) is 2. The molecule has 10 heteroatoms. The van der Waals surface area contributed by atoms with Crippen molar-refractivity contribution < 1.29 is 32.6 Å². The second-order valence-corrected chi connectivity index (χ2v) is 8.99. The number of amides is 2. The number of hydrogen-bond donors (Lipinski definition) is 2. The molecule has 184 valence electrons. The van der Waals surface area contributed by atoms with Crippen LogP contribution in [0.1, 0.15) is 36.8 Å². The Balaban J connectivity index is 0.000000383. The van der Waals surface area contributed by atoms with E-state index in [9.17, 15) is 18.0 Å². The smallest absolute Gasteiger partial charge is 0.475 e. The van der Waals surface area contributed by atoms with Crippen molar-refractivity contribution in [3.63, 3.8) is 0 Å². The average molecular weight is 472 g/mol. The minimum Gasteiger partial charge on any atom is -0.475 e. The van der Waals surface area contributed by atoms with E-state index in [0.717, 1.165) is 71.6 Å². The fraction of sp³-hybridized carbons (Fsp3) is 0.652. The van der Waals surface area contributed by atoms with E-state index >= 15 is 0 Å². The summed E-state index contributed by atoms with van der Waals surface area (Å²) in [5.74, 6) is -2.19. The molecule has 2 N–H and O–H groups in total. The number of carboxylic acid groups (broad SMARTS) is 1. The number of hydrogen-bond acceptors (Lipinski definition) is 4. The summed E-state index contributed by atoms with van der Waals surface area (Å²) in [4.78, 5) is 25.5. The quantitative estimate of drug-likeness (QED) is 0.688. The Morgan fingerprint density at radius 2 is 1.85 bits per heavy atom. The predicted octanol–water partition coefficient (Wildman–Crippen LogP) is 3.41. The van der Waals surface area contributed by atoms with Crippen molar-refractivity contribution in [3.05, 3.63) is 35.4 Å². The van der Waals surface area contributed by atoms with Gasteiger partial charge in [0.2, 0.25) is 0 Å². The summed E-state index contributed by atoms with van der Waals surface area (Å²) < 4.78 is 37.9. The first-order chi connectivity index (χ1) is 15.6. The Morgan fingerprint density at radius 1 is 1.21 bits per heavy atom. The van der Waals surface area contributed by atoms with Crippen LogP contribution in [0.5, 0.6) is 0 Å². The van der Waals surface area contributed by atoms with E-state index in [2.05, 4.69) is 41.4 Å². The third kappa shape index (κ3) is 6.60. The Hall–Kier alpha value is -2.33. The van der Waals surface area contributed by atoms with Gasteiger partial charge in [0.05, 0.1) is 5.60 Å². The molecule has 1 aromatic rings. The monoisotopic (exact) mass is 471 g/mol. The van der Waals surface area contributed by atoms with Crippen molar-refractivity contribution in [2.45, 2.75) is 50.9 Å². The number of carbonyl (C=O) groups excluding carboxylic acids is 1. The lowest BCUT2D eigenvalue weighted by Gasteiger charge is -2.50. The van der Waals surface area contributed by atoms with E-state index < -0.39 is 12.1 Å². The van der Waals surface area contributed by atoms with Crippen molar-refractivity contribution in [2.75, 3.05) is 39.3 Å². The number of halogens is 3. The van der Waals surface area contributed by atoms with Crippen LogP contribution in [-0.2, 0) is 16.1 Å². The number of nitrogens with zero attached hydrogens (tertiary/aromatic N) is 2. The van der Waals surface area contributed by atoms with Crippen LogP contribution in [-0.4, -0.2) is 78.0 Å². The van der Waals surface area contributed by atoms with Crippen LogP contribution in [0.2, 0.25) is 0 Å². The highest BCUT2D eigenvalue weighted by atomic mass is 19.4. The molecule has 1 unspecified atom stereocenters. The molecule has 0 aromatic heterocycles. The topological polar surface area (TPSA) is 82.1 Å². The maximum atomic E-state index is 12.1. The third-order valence-corrected chi connectivity index (χ3v) is 6.64. The van der Waals surface area contributed by atoms with Gasteiger partial charge in [-0.05, 0) is 49.7 Å². The number of benzene rings is 1. The van der Waals surface area contributed by atoms with E-state index in [1.165, 1.54) is 11.1 Å². The molecule has 3 aliphatic rings. The van der Waals surface area contributed by atoms with Crippen LogP contribution in [0.25, 0.3) is 0 Å². The predicted molar refractivity (Wildman–Crippen MR) is 116 cm³/mol. The van der Waals surface area contributed by atoms with Crippen LogP contribution in [0.15, 0.2) is 24.3 Å². The van der Waals surface area contributed by atoms with Gasteiger partial charge in [-0.25, -0.2) is 9.59 Å². The van der Waals surface area contributed by atoms with E-state index in [1.807, 2.05) is 4.90 Å². The van der Waals surface area contributed by atoms with Gasteiger partial charge in [0.1, 0.15) is 0 Å². The largest absolute Gasteiger partial charge is 0.490 e. The Labute approximate surface area is 191 Å². The SMILES string of the molecule is Cc1ccccc1CN1CC2(C1)OCCC2CCNC(=O)N1CCCC1.O=C(O)C(F)(F)F. The number of aliphatic carboxylic acids is 1. The summed E-state index contributed by atoms with van der Waals surface area (Å²) in [5.41, 5.74) is 2.80. The van der Waals surface area contributed by atoms with Crippen LogP contribution in [0.4, 0.5) is 18.0 Å². The normalized spacial score (nSPS) is 21.9. The minimum absolute atomic E-state index is 0.0288. The second-order valence-electron chi connectivity index (χ2n) is 8.99. The lowest BCUT2D eigenvalue weighted by molar-refractivity contribution is -0.192. The zero-order chi connectivity index (χ0) is 24.1. The molecule has 1 spiro atoms. The molecule has 7 nitrogen and oxygen atoms in total. The minimum atomic E-state index is -5.08. The second kappa shape index (κ2) is 10.7. The first-order valence-electron chi connectivity index (χ1n) is 11.3. The third-order valence-electron chi connectivity index (χ3n) is 6.64. The number of carbonyl (C=O) groups is 2. The van der Waals surface area contributed by atoms with E-state index in [4.69, 9.17) is 14.6 Å². The van der Waals surface area contributed by atoms with Gasteiger partial charge in [-0.1, -0.05) is 24.3 Å². The highest BCUT2D eigenvalue weighted by molar-refractivity contribution is 5.74. The lowest BCUT2D eigenvalue weighted by atomic mass is 9.78. The fourth-order valence-corrected chi connectivity index (χ4v) is 4.78. The van der Waals surface area contributed by atoms with Gasteiger partial charge in [-0.15, -0.1) is 0 Å². The van der Waals surface area contributed by atoms with Crippen molar-refractivity contribution in [2.24, 2.45) is 5.92 Å². The van der Waals surface area contributed by atoms with Crippen molar-refractivity contribution in [1.29, 1.82) is 0 Å². The van der Waals surface area contributed by atoms with Gasteiger partial charge in [0.15, 0.2) is 0 Å². The van der Waals surface area contributed by atoms with Crippen LogP contribution in [0.3, 0.4) is 0 Å². The fourth-order valence-electron chi connectivity index (χ4n) is 4.78. The Bertz CT molecular complexity index is 821. The van der Waals surface area contributed by atoms with Crippen molar-refractivity contribution in [3.8, 4) is 0 Å². The maximum Gasteiger partial charge on any atom is 0.490 e. The number of carboxylic acids is 1. The van der Waals surface area contributed by atoms with Crippen molar-refractivity contribution >= 4 is 12.0 Å². The summed E-state index contributed by atoms with van der Waals surface area (Å²) in [6.07, 6.45) is -0.650. The summed E-state index contributed by atoms with van der Waals surface area (Å²) in [5, 5.41) is 10.2. The molecule has 4 rings (SSSR count). The van der Waals surface area contributed by atoms with E-state index in [0.29, 0.717) is 5.92 Å². The molecule has 3 heterocycles. The molecule has 0 aliphatic carbocycles. The average Bonchev–Trinajstić information content (AvgIpc) is 3.39. The van der Waals surface area contributed by atoms with Gasteiger partial charge in [0, 0.05) is 45.9 Å². The van der Waals surface area contributed by atoms with Gasteiger partial charge in [-0.2, -0.15) is 13.2 Å². The van der Waals surface area contributed by atoms with Gasteiger partial charge in [0.25, 0.3) is 0 Å².